The summed E-state index contributed by atoms with van der Waals surface area (Å²) < 4.78 is 26.7. The number of rotatable bonds is 7. The van der Waals surface area contributed by atoms with E-state index in [0.29, 0.717) is 13.1 Å². The van der Waals surface area contributed by atoms with E-state index in [1.807, 2.05) is 42.5 Å². The highest BCUT2D eigenvalue weighted by Gasteiger charge is 2.22. The molecular weight excluding hydrogens is 414 g/mol. The first kappa shape index (κ1) is 22.5. The molecule has 3 aromatic rings. The van der Waals surface area contributed by atoms with E-state index in [1.54, 1.807) is 13.8 Å². The van der Waals surface area contributed by atoms with Crippen molar-refractivity contribution in [1.82, 2.24) is 15.2 Å². The molecule has 7 nitrogen and oxygen atoms in total. The van der Waals surface area contributed by atoms with Crippen LogP contribution in [0.4, 0.5) is 0 Å². The van der Waals surface area contributed by atoms with Crippen LogP contribution in [0.1, 0.15) is 29.8 Å². The summed E-state index contributed by atoms with van der Waals surface area (Å²) in [7, 11) is -3.68. The van der Waals surface area contributed by atoms with Crippen LogP contribution in [0.2, 0.25) is 0 Å². The molecule has 0 aliphatic carbocycles. The van der Waals surface area contributed by atoms with E-state index in [0.717, 1.165) is 16.3 Å². The molecule has 0 saturated carbocycles. The number of carbonyl (C=O) groups is 2. The third-order valence-corrected chi connectivity index (χ3v) is 7.03. The van der Waals surface area contributed by atoms with Gasteiger partial charge in [0.15, 0.2) is 0 Å². The fourth-order valence-electron chi connectivity index (χ4n) is 3.37. The van der Waals surface area contributed by atoms with E-state index < -0.39 is 15.9 Å². The van der Waals surface area contributed by atoms with Crippen LogP contribution < -0.4 is 10.9 Å². The first-order valence-electron chi connectivity index (χ1n) is 10.0. The van der Waals surface area contributed by atoms with E-state index in [4.69, 9.17) is 0 Å². The SMILES string of the molecule is CCN(CC)S(=O)(=O)c1cccc(C(=O)NNC(=O)Cc2cccc3ccccc23)c1. The van der Waals surface area contributed by atoms with Crippen molar-refractivity contribution in [3.63, 3.8) is 0 Å². The molecule has 31 heavy (non-hydrogen) atoms. The van der Waals surface area contributed by atoms with Crippen molar-refractivity contribution < 1.29 is 18.0 Å². The minimum absolute atomic E-state index is 0.0333. The van der Waals surface area contributed by atoms with Crippen molar-refractivity contribution in [3.8, 4) is 0 Å². The summed E-state index contributed by atoms with van der Waals surface area (Å²) in [5.74, 6) is -0.973. The molecule has 0 aliphatic heterocycles. The molecule has 0 bridgehead atoms. The number of fused-ring (bicyclic) bond motifs is 1. The van der Waals surface area contributed by atoms with Gasteiger partial charge in [-0.25, -0.2) is 8.42 Å². The summed E-state index contributed by atoms with van der Waals surface area (Å²) in [5.41, 5.74) is 5.74. The Labute approximate surface area is 182 Å². The Bertz CT molecular complexity index is 1200. The minimum atomic E-state index is -3.68. The third kappa shape index (κ3) is 5.10. The number of nitrogens with one attached hydrogen (secondary N) is 2. The summed E-state index contributed by atoms with van der Waals surface area (Å²) in [4.78, 5) is 24.9. The number of hydrogen-bond donors (Lipinski definition) is 2. The number of hydrogen-bond acceptors (Lipinski definition) is 4. The normalized spacial score (nSPS) is 11.5. The molecule has 2 N–H and O–H groups in total. The van der Waals surface area contributed by atoms with Crippen LogP contribution >= 0.6 is 0 Å². The first-order valence-corrected chi connectivity index (χ1v) is 11.5. The summed E-state index contributed by atoms with van der Waals surface area (Å²) in [6.45, 7) is 4.17. The molecule has 0 spiro atoms. The number of nitrogens with zero attached hydrogens (tertiary/aromatic N) is 1. The number of hydrazine groups is 1. The second kappa shape index (κ2) is 9.72. The maximum absolute atomic E-state index is 12.7. The molecule has 0 fully saturated rings. The predicted octanol–water partition coefficient (Wildman–Crippen LogP) is 2.87. The summed E-state index contributed by atoms with van der Waals surface area (Å²) >= 11 is 0. The Morgan fingerprint density at radius 3 is 2.29 bits per heavy atom. The lowest BCUT2D eigenvalue weighted by molar-refractivity contribution is -0.121. The van der Waals surface area contributed by atoms with Gasteiger partial charge in [-0.15, -0.1) is 0 Å². The lowest BCUT2D eigenvalue weighted by atomic mass is 10.0. The third-order valence-electron chi connectivity index (χ3n) is 4.99. The Balaban J connectivity index is 1.67. The molecule has 0 atom stereocenters. The van der Waals surface area contributed by atoms with Crippen molar-refractivity contribution in [1.29, 1.82) is 0 Å². The van der Waals surface area contributed by atoms with Gasteiger partial charge in [-0.2, -0.15) is 4.31 Å². The lowest BCUT2D eigenvalue weighted by Gasteiger charge is -2.18. The largest absolute Gasteiger partial charge is 0.273 e. The second-order valence-electron chi connectivity index (χ2n) is 6.93. The number of sulfonamides is 1. The smallest absolute Gasteiger partial charge is 0.269 e. The molecule has 0 aromatic heterocycles. The first-order chi connectivity index (χ1) is 14.9. The standard InChI is InChI=1S/C23H25N3O4S/c1-3-26(4-2)31(29,30)20-13-8-12-19(15-20)23(28)25-24-22(27)16-18-11-7-10-17-9-5-6-14-21(17)18/h5-15H,3-4,16H2,1-2H3,(H,24,27)(H,25,28). The molecular formula is C23H25N3O4S. The molecule has 8 heteroatoms. The van der Waals surface area contributed by atoms with Crippen LogP contribution in [-0.4, -0.2) is 37.6 Å². The Morgan fingerprint density at radius 2 is 1.55 bits per heavy atom. The highest BCUT2D eigenvalue weighted by Crippen LogP contribution is 2.19. The summed E-state index contributed by atoms with van der Waals surface area (Å²) in [5, 5.41) is 2.00. The van der Waals surface area contributed by atoms with Gasteiger partial charge in [0.2, 0.25) is 15.9 Å². The lowest BCUT2D eigenvalue weighted by Crippen LogP contribution is -2.42. The van der Waals surface area contributed by atoms with Gasteiger partial charge < -0.3 is 0 Å². The zero-order valence-electron chi connectivity index (χ0n) is 17.5. The highest BCUT2D eigenvalue weighted by atomic mass is 32.2. The van der Waals surface area contributed by atoms with Crippen LogP contribution in [-0.2, 0) is 21.2 Å². The van der Waals surface area contributed by atoms with Crippen molar-refractivity contribution in [2.75, 3.05) is 13.1 Å². The van der Waals surface area contributed by atoms with Gasteiger partial charge in [-0.3, -0.25) is 20.4 Å². The van der Waals surface area contributed by atoms with Crippen LogP contribution in [0, 0.1) is 0 Å². The molecule has 3 aromatic carbocycles. The highest BCUT2D eigenvalue weighted by molar-refractivity contribution is 7.89. The van der Waals surface area contributed by atoms with Gasteiger partial charge in [0.25, 0.3) is 5.91 Å². The quantitative estimate of drug-likeness (QED) is 0.554. The fraction of sp³-hybridized carbons (Fsp3) is 0.217. The Morgan fingerprint density at radius 1 is 0.871 bits per heavy atom. The minimum Gasteiger partial charge on any atom is -0.273 e. The molecule has 3 rings (SSSR count). The van der Waals surface area contributed by atoms with Gasteiger partial charge in [-0.1, -0.05) is 62.4 Å². The van der Waals surface area contributed by atoms with Gasteiger partial charge >= 0.3 is 0 Å². The van der Waals surface area contributed by atoms with Gasteiger partial charge in [-0.05, 0) is 34.5 Å². The van der Waals surface area contributed by atoms with E-state index in [9.17, 15) is 18.0 Å². The topological polar surface area (TPSA) is 95.6 Å². The van der Waals surface area contributed by atoms with Gasteiger partial charge in [0.05, 0.1) is 11.3 Å². The Kier molecular flexibility index (Phi) is 7.04. The maximum atomic E-state index is 12.7. The van der Waals surface area contributed by atoms with Gasteiger partial charge in [0, 0.05) is 18.7 Å². The molecule has 0 saturated heterocycles. The van der Waals surface area contributed by atoms with Crippen molar-refractivity contribution in [2.45, 2.75) is 25.2 Å². The van der Waals surface area contributed by atoms with Crippen LogP contribution in [0.5, 0.6) is 0 Å². The van der Waals surface area contributed by atoms with Crippen LogP contribution in [0.15, 0.2) is 71.6 Å². The van der Waals surface area contributed by atoms with Crippen molar-refractivity contribution in [3.05, 3.63) is 77.9 Å². The van der Waals surface area contributed by atoms with Gasteiger partial charge in [0.1, 0.15) is 0 Å². The zero-order chi connectivity index (χ0) is 22.4. The molecule has 0 aliphatic rings. The summed E-state index contributed by atoms with van der Waals surface area (Å²) in [6, 6.07) is 19.2. The van der Waals surface area contributed by atoms with E-state index in [-0.39, 0.29) is 22.8 Å². The molecule has 0 radical (unpaired) electrons. The fourth-order valence-corrected chi connectivity index (χ4v) is 4.88. The zero-order valence-corrected chi connectivity index (χ0v) is 18.3. The van der Waals surface area contributed by atoms with Crippen LogP contribution in [0.3, 0.4) is 0 Å². The maximum Gasteiger partial charge on any atom is 0.269 e. The second-order valence-corrected chi connectivity index (χ2v) is 8.87. The molecule has 0 heterocycles. The average molecular weight is 440 g/mol. The number of benzene rings is 3. The Hall–Kier alpha value is -3.23. The van der Waals surface area contributed by atoms with E-state index in [2.05, 4.69) is 10.9 Å². The van der Waals surface area contributed by atoms with Crippen LogP contribution in [0.25, 0.3) is 10.8 Å². The average Bonchev–Trinajstić information content (AvgIpc) is 2.78. The van der Waals surface area contributed by atoms with E-state index in [1.165, 1.54) is 28.6 Å². The number of carbonyl (C=O) groups excluding carboxylic acids is 2. The molecule has 0 unspecified atom stereocenters. The van der Waals surface area contributed by atoms with E-state index >= 15 is 0 Å². The van der Waals surface area contributed by atoms with Crippen molar-refractivity contribution >= 4 is 32.6 Å². The molecule has 2 amide bonds. The number of amides is 2. The monoisotopic (exact) mass is 439 g/mol. The molecule has 162 valence electrons. The predicted molar refractivity (Wildman–Crippen MR) is 120 cm³/mol. The van der Waals surface area contributed by atoms with Crippen molar-refractivity contribution in [2.24, 2.45) is 0 Å². The summed E-state index contributed by atoms with van der Waals surface area (Å²) in [6.07, 6.45) is 0.0953.